The molecule has 1 saturated heterocycles. The molecule has 1 aromatic rings. The highest BCUT2D eigenvalue weighted by molar-refractivity contribution is 5.74. The lowest BCUT2D eigenvalue weighted by molar-refractivity contribution is 0.0835. The lowest BCUT2D eigenvalue weighted by Crippen LogP contribution is -2.49. The van der Waals surface area contributed by atoms with Gasteiger partial charge in [0.15, 0.2) is 0 Å². The number of aryl methyl sites for hydroxylation is 2. The lowest BCUT2D eigenvalue weighted by Gasteiger charge is -2.31. The number of urea groups is 1. The third-order valence-electron chi connectivity index (χ3n) is 4.22. The van der Waals surface area contributed by atoms with E-state index in [9.17, 15) is 9.90 Å². The van der Waals surface area contributed by atoms with Crippen molar-refractivity contribution in [3.63, 3.8) is 0 Å². The van der Waals surface area contributed by atoms with E-state index in [1.165, 1.54) is 5.56 Å². The second kappa shape index (κ2) is 6.47. The van der Waals surface area contributed by atoms with Crippen LogP contribution in [0.5, 0.6) is 0 Å². The van der Waals surface area contributed by atoms with E-state index in [-0.39, 0.29) is 18.2 Å². The molecule has 2 atom stereocenters. The van der Waals surface area contributed by atoms with Gasteiger partial charge in [-0.05, 0) is 45.6 Å². The normalized spacial score (nSPS) is 20.4. The summed E-state index contributed by atoms with van der Waals surface area (Å²) >= 11 is 0. The first-order valence-corrected chi connectivity index (χ1v) is 7.61. The maximum Gasteiger partial charge on any atom is 0.317 e. The molecule has 1 aliphatic heterocycles. The highest BCUT2D eigenvalue weighted by atomic mass is 16.3. The average molecular weight is 294 g/mol. The standard InChI is InChI=1S/C15H26N4O2/c1-10(8-14-11(2)17-18(4)12(14)3)16-15(21)19-7-5-6-13(20)9-19/h10,13,20H,5-9H2,1-4H3,(H,16,21). The number of aromatic nitrogens is 2. The molecule has 0 radical (unpaired) electrons. The Balaban J connectivity index is 1.92. The number of β-amino-alcohol motifs (C(OH)–C–C–N with tert-alkyl or cyclic N) is 1. The maximum absolute atomic E-state index is 12.2. The molecule has 0 aliphatic carbocycles. The molecule has 0 saturated carbocycles. The summed E-state index contributed by atoms with van der Waals surface area (Å²) in [4.78, 5) is 13.9. The van der Waals surface area contributed by atoms with Crippen LogP contribution in [0.15, 0.2) is 0 Å². The summed E-state index contributed by atoms with van der Waals surface area (Å²) < 4.78 is 1.88. The molecule has 1 aromatic heterocycles. The van der Waals surface area contributed by atoms with Crippen molar-refractivity contribution in [1.29, 1.82) is 0 Å². The number of nitrogens with one attached hydrogen (secondary N) is 1. The topological polar surface area (TPSA) is 70.4 Å². The molecule has 6 heteroatoms. The van der Waals surface area contributed by atoms with Crippen LogP contribution in [0.1, 0.15) is 36.7 Å². The summed E-state index contributed by atoms with van der Waals surface area (Å²) in [5, 5.41) is 17.1. The number of aliphatic hydroxyl groups is 1. The van der Waals surface area contributed by atoms with Crippen LogP contribution in [0, 0.1) is 13.8 Å². The third-order valence-corrected chi connectivity index (χ3v) is 4.22. The van der Waals surface area contributed by atoms with E-state index in [0.717, 1.165) is 37.2 Å². The summed E-state index contributed by atoms with van der Waals surface area (Å²) in [7, 11) is 1.93. The van der Waals surface area contributed by atoms with Crippen molar-refractivity contribution in [1.82, 2.24) is 20.0 Å². The van der Waals surface area contributed by atoms with Crippen molar-refractivity contribution in [2.24, 2.45) is 7.05 Å². The Hall–Kier alpha value is -1.56. The van der Waals surface area contributed by atoms with Crippen LogP contribution in [-0.2, 0) is 13.5 Å². The molecule has 21 heavy (non-hydrogen) atoms. The molecular formula is C15H26N4O2. The zero-order valence-electron chi connectivity index (χ0n) is 13.4. The van der Waals surface area contributed by atoms with E-state index in [0.29, 0.717) is 6.54 Å². The summed E-state index contributed by atoms with van der Waals surface area (Å²) in [6, 6.07) is -0.0429. The van der Waals surface area contributed by atoms with E-state index >= 15 is 0 Å². The van der Waals surface area contributed by atoms with Crippen LogP contribution in [0.25, 0.3) is 0 Å². The van der Waals surface area contributed by atoms with Crippen LogP contribution < -0.4 is 5.32 Å². The summed E-state index contributed by atoms with van der Waals surface area (Å²) in [6.45, 7) is 7.21. The first-order valence-electron chi connectivity index (χ1n) is 7.61. The highest BCUT2D eigenvalue weighted by Gasteiger charge is 2.23. The summed E-state index contributed by atoms with van der Waals surface area (Å²) in [5.74, 6) is 0. The van der Waals surface area contributed by atoms with Gasteiger partial charge in [-0.25, -0.2) is 4.79 Å². The molecule has 0 aromatic carbocycles. The van der Waals surface area contributed by atoms with Gasteiger partial charge in [-0.1, -0.05) is 0 Å². The van der Waals surface area contributed by atoms with Crippen molar-refractivity contribution >= 4 is 6.03 Å². The molecular weight excluding hydrogens is 268 g/mol. The van der Waals surface area contributed by atoms with Gasteiger partial charge in [-0.3, -0.25) is 4.68 Å². The van der Waals surface area contributed by atoms with Crippen molar-refractivity contribution in [2.45, 2.75) is 52.2 Å². The minimum atomic E-state index is -0.386. The summed E-state index contributed by atoms with van der Waals surface area (Å²) in [5.41, 5.74) is 3.36. The van der Waals surface area contributed by atoms with Crippen molar-refractivity contribution in [3.8, 4) is 0 Å². The van der Waals surface area contributed by atoms with E-state index in [1.54, 1.807) is 4.90 Å². The molecule has 2 amide bonds. The number of piperidine rings is 1. The zero-order valence-corrected chi connectivity index (χ0v) is 13.4. The molecule has 2 N–H and O–H groups in total. The quantitative estimate of drug-likeness (QED) is 0.878. The average Bonchev–Trinajstić information content (AvgIpc) is 2.65. The van der Waals surface area contributed by atoms with E-state index in [1.807, 2.05) is 32.5 Å². The van der Waals surface area contributed by atoms with Gasteiger partial charge < -0.3 is 15.3 Å². The minimum absolute atomic E-state index is 0.0400. The number of rotatable bonds is 3. The van der Waals surface area contributed by atoms with E-state index < -0.39 is 0 Å². The molecule has 0 spiro atoms. The number of amides is 2. The van der Waals surface area contributed by atoms with E-state index in [2.05, 4.69) is 10.4 Å². The second-order valence-electron chi connectivity index (χ2n) is 6.07. The lowest BCUT2D eigenvalue weighted by atomic mass is 10.1. The van der Waals surface area contributed by atoms with Gasteiger partial charge in [0.2, 0.25) is 0 Å². The van der Waals surface area contributed by atoms with Gasteiger partial charge in [-0.2, -0.15) is 5.10 Å². The Labute approximate surface area is 126 Å². The molecule has 1 aliphatic rings. The Morgan fingerprint density at radius 1 is 1.52 bits per heavy atom. The largest absolute Gasteiger partial charge is 0.391 e. The smallest absolute Gasteiger partial charge is 0.317 e. The predicted octanol–water partition coefficient (Wildman–Crippen LogP) is 1.13. The molecule has 0 bridgehead atoms. The molecule has 2 unspecified atom stereocenters. The Kier molecular flexibility index (Phi) is 4.88. The summed E-state index contributed by atoms with van der Waals surface area (Å²) in [6.07, 6.45) is 2.04. The fraction of sp³-hybridized carbons (Fsp3) is 0.733. The number of nitrogens with zero attached hydrogens (tertiary/aromatic N) is 3. The van der Waals surface area contributed by atoms with Crippen LogP contribution in [0.3, 0.4) is 0 Å². The number of carbonyl (C=O) groups is 1. The number of hydrogen-bond donors (Lipinski definition) is 2. The Bertz CT molecular complexity index is 512. The third kappa shape index (κ3) is 3.75. The highest BCUT2D eigenvalue weighted by Crippen LogP contribution is 2.15. The fourth-order valence-electron chi connectivity index (χ4n) is 2.91. The van der Waals surface area contributed by atoms with Gasteiger partial charge in [0, 0.05) is 31.9 Å². The van der Waals surface area contributed by atoms with Gasteiger partial charge >= 0.3 is 6.03 Å². The molecule has 2 rings (SSSR count). The van der Waals surface area contributed by atoms with Gasteiger partial charge in [0.25, 0.3) is 0 Å². The Morgan fingerprint density at radius 3 is 2.81 bits per heavy atom. The fourth-order valence-corrected chi connectivity index (χ4v) is 2.91. The molecule has 1 fully saturated rings. The van der Waals surface area contributed by atoms with Crippen molar-refractivity contribution in [3.05, 3.63) is 17.0 Å². The first-order chi connectivity index (χ1) is 9.88. The first kappa shape index (κ1) is 15.8. The SMILES string of the molecule is Cc1nn(C)c(C)c1CC(C)NC(=O)N1CCCC(O)C1. The number of likely N-dealkylation sites (tertiary alicyclic amines) is 1. The van der Waals surface area contributed by atoms with Crippen LogP contribution in [0.4, 0.5) is 4.79 Å². The van der Waals surface area contributed by atoms with Gasteiger partial charge in [0.05, 0.1) is 11.8 Å². The number of aliphatic hydroxyl groups excluding tert-OH is 1. The molecule has 118 valence electrons. The Morgan fingerprint density at radius 2 is 2.24 bits per heavy atom. The monoisotopic (exact) mass is 294 g/mol. The molecule has 2 heterocycles. The van der Waals surface area contributed by atoms with Crippen molar-refractivity contribution in [2.75, 3.05) is 13.1 Å². The number of carbonyl (C=O) groups excluding carboxylic acids is 1. The van der Waals surface area contributed by atoms with Gasteiger partial charge in [0.1, 0.15) is 0 Å². The van der Waals surface area contributed by atoms with E-state index in [4.69, 9.17) is 0 Å². The van der Waals surface area contributed by atoms with Crippen LogP contribution in [0.2, 0.25) is 0 Å². The number of hydrogen-bond acceptors (Lipinski definition) is 3. The predicted molar refractivity (Wildman–Crippen MR) is 81.2 cm³/mol. The maximum atomic E-state index is 12.2. The van der Waals surface area contributed by atoms with Crippen LogP contribution >= 0.6 is 0 Å². The molecule has 6 nitrogen and oxygen atoms in total. The van der Waals surface area contributed by atoms with Crippen LogP contribution in [-0.4, -0.2) is 51.1 Å². The zero-order chi connectivity index (χ0) is 15.6. The minimum Gasteiger partial charge on any atom is -0.391 e. The second-order valence-corrected chi connectivity index (χ2v) is 6.07. The van der Waals surface area contributed by atoms with Gasteiger partial charge in [-0.15, -0.1) is 0 Å². The van der Waals surface area contributed by atoms with Crippen molar-refractivity contribution < 1.29 is 9.90 Å².